The normalized spacial score (nSPS) is 11.1. The summed E-state index contributed by atoms with van der Waals surface area (Å²) in [5, 5.41) is 11.1. The number of nitrogens with zero attached hydrogens (tertiary/aromatic N) is 1. The second kappa shape index (κ2) is 4.03. The molecule has 0 aliphatic heterocycles. The van der Waals surface area contributed by atoms with Gasteiger partial charge in [0, 0.05) is 11.4 Å². The molecule has 0 fully saturated rings. The summed E-state index contributed by atoms with van der Waals surface area (Å²) in [6, 6.07) is 4.19. The topological polar surface area (TPSA) is 69.4 Å². The van der Waals surface area contributed by atoms with Gasteiger partial charge in [0.05, 0.1) is 18.1 Å². The van der Waals surface area contributed by atoms with Crippen molar-refractivity contribution in [2.45, 2.75) is 0 Å². The molecular weight excluding hydrogens is 217 g/mol. The number of non-ortho nitro benzene ring substituents is 1. The van der Waals surface area contributed by atoms with Crippen molar-refractivity contribution in [3.8, 4) is 5.75 Å². The van der Waals surface area contributed by atoms with Crippen molar-refractivity contribution in [2.24, 2.45) is 0 Å². The van der Waals surface area contributed by atoms with Crippen LogP contribution in [0.5, 0.6) is 5.75 Å². The zero-order valence-electron chi connectivity index (χ0n) is 8.76. The molecule has 0 aliphatic carbocycles. The number of hydrogen-bond donors (Lipinski definition) is 0. The molecule has 6 heteroatoms. The van der Waals surface area contributed by atoms with E-state index in [0.29, 0.717) is 11.1 Å². The first-order chi connectivity index (χ1) is 6.84. The van der Waals surface area contributed by atoms with E-state index >= 15 is 0 Å². The molecule has 0 N–H and O–H groups in total. The van der Waals surface area contributed by atoms with Gasteiger partial charge in [-0.3, -0.25) is 10.1 Å². The van der Waals surface area contributed by atoms with Crippen LogP contribution in [0.15, 0.2) is 18.2 Å². The fourth-order valence-corrected chi connectivity index (χ4v) is 1.98. The van der Waals surface area contributed by atoms with Crippen molar-refractivity contribution in [1.29, 1.82) is 0 Å². The second-order valence-electron chi connectivity index (χ2n) is 3.50. The molecular formula is C9H12NO4P. The monoisotopic (exact) mass is 229 g/mol. The van der Waals surface area contributed by atoms with Crippen LogP contribution in [0.4, 0.5) is 5.69 Å². The summed E-state index contributed by atoms with van der Waals surface area (Å²) in [5.74, 6) is 0.350. The Morgan fingerprint density at radius 2 is 1.93 bits per heavy atom. The van der Waals surface area contributed by atoms with Gasteiger partial charge in [0.15, 0.2) is 0 Å². The minimum absolute atomic E-state index is 0.103. The Labute approximate surface area is 87.6 Å². The van der Waals surface area contributed by atoms with E-state index in [2.05, 4.69) is 0 Å². The molecule has 0 radical (unpaired) electrons. The van der Waals surface area contributed by atoms with Gasteiger partial charge in [0.25, 0.3) is 5.69 Å². The predicted molar refractivity (Wildman–Crippen MR) is 58.7 cm³/mol. The number of methoxy groups -OCH3 is 1. The van der Waals surface area contributed by atoms with Gasteiger partial charge in [-0.25, -0.2) is 0 Å². The zero-order valence-corrected chi connectivity index (χ0v) is 9.65. The molecule has 0 aromatic heterocycles. The second-order valence-corrected chi connectivity index (χ2v) is 6.72. The maximum atomic E-state index is 11.8. The van der Waals surface area contributed by atoms with Crippen LogP contribution in [-0.4, -0.2) is 25.4 Å². The van der Waals surface area contributed by atoms with Gasteiger partial charge in [0.2, 0.25) is 0 Å². The van der Waals surface area contributed by atoms with Crippen molar-refractivity contribution in [2.75, 3.05) is 20.4 Å². The number of nitro benzene ring substituents is 1. The SMILES string of the molecule is COc1cc([N+](=O)[O-])cc(P(C)(C)=O)c1. The standard InChI is InChI=1S/C9H12NO4P/c1-14-8-4-7(10(11)12)5-9(6-8)15(2,3)13/h4-6H,1-3H3. The Morgan fingerprint density at radius 3 is 2.33 bits per heavy atom. The Bertz CT molecular complexity index is 438. The Morgan fingerprint density at radius 1 is 1.33 bits per heavy atom. The van der Waals surface area contributed by atoms with Crippen molar-refractivity contribution in [3.63, 3.8) is 0 Å². The number of benzene rings is 1. The van der Waals surface area contributed by atoms with Crippen molar-refractivity contribution >= 4 is 18.1 Å². The number of ether oxygens (including phenoxy) is 1. The first kappa shape index (κ1) is 11.7. The molecule has 0 saturated heterocycles. The lowest BCUT2D eigenvalue weighted by molar-refractivity contribution is -0.384. The molecule has 82 valence electrons. The fraction of sp³-hybridized carbons (Fsp3) is 0.333. The number of nitro groups is 1. The lowest BCUT2D eigenvalue weighted by Crippen LogP contribution is -2.05. The molecule has 0 spiro atoms. The minimum atomic E-state index is -2.51. The van der Waals surface area contributed by atoms with Gasteiger partial charge in [0.1, 0.15) is 12.9 Å². The van der Waals surface area contributed by atoms with E-state index in [9.17, 15) is 14.7 Å². The summed E-state index contributed by atoms with van der Waals surface area (Å²) < 4.78 is 16.7. The van der Waals surface area contributed by atoms with Crippen molar-refractivity contribution < 1.29 is 14.2 Å². The quantitative estimate of drug-likeness (QED) is 0.450. The van der Waals surface area contributed by atoms with Gasteiger partial charge >= 0.3 is 0 Å². The third-order valence-electron chi connectivity index (χ3n) is 1.94. The summed E-state index contributed by atoms with van der Waals surface area (Å²) in [6.07, 6.45) is 0. The van der Waals surface area contributed by atoms with E-state index in [-0.39, 0.29) is 5.69 Å². The lowest BCUT2D eigenvalue weighted by Gasteiger charge is -2.08. The molecule has 0 amide bonds. The van der Waals surface area contributed by atoms with Gasteiger partial charge in [-0.2, -0.15) is 0 Å². The van der Waals surface area contributed by atoms with Crippen LogP contribution < -0.4 is 10.0 Å². The molecule has 0 heterocycles. The number of rotatable bonds is 3. The molecule has 1 aromatic carbocycles. The smallest absolute Gasteiger partial charge is 0.273 e. The Kier molecular flexibility index (Phi) is 3.15. The minimum Gasteiger partial charge on any atom is -0.496 e. The maximum Gasteiger partial charge on any atom is 0.273 e. The highest BCUT2D eigenvalue weighted by atomic mass is 31.2. The highest BCUT2D eigenvalue weighted by Gasteiger charge is 2.17. The van der Waals surface area contributed by atoms with Crippen LogP contribution in [0, 0.1) is 10.1 Å². The lowest BCUT2D eigenvalue weighted by atomic mass is 10.3. The molecule has 0 atom stereocenters. The van der Waals surface area contributed by atoms with Gasteiger partial charge in [-0.15, -0.1) is 0 Å². The maximum absolute atomic E-state index is 11.8. The van der Waals surface area contributed by atoms with Crippen LogP contribution in [0.3, 0.4) is 0 Å². The zero-order chi connectivity index (χ0) is 11.6. The van der Waals surface area contributed by atoms with E-state index in [0.717, 1.165) is 0 Å². The van der Waals surface area contributed by atoms with Crippen molar-refractivity contribution in [3.05, 3.63) is 28.3 Å². The highest BCUT2D eigenvalue weighted by molar-refractivity contribution is 7.70. The van der Waals surface area contributed by atoms with Gasteiger partial charge < -0.3 is 9.30 Å². The van der Waals surface area contributed by atoms with E-state index in [1.165, 1.54) is 19.2 Å². The fourth-order valence-electron chi connectivity index (χ4n) is 1.10. The van der Waals surface area contributed by atoms with Crippen molar-refractivity contribution in [1.82, 2.24) is 0 Å². The molecule has 1 rings (SSSR count). The predicted octanol–water partition coefficient (Wildman–Crippen LogP) is 1.85. The molecule has 1 aromatic rings. The third kappa shape index (κ3) is 2.80. The van der Waals surface area contributed by atoms with Crippen LogP contribution >= 0.6 is 7.14 Å². The highest BCUT2D eigenvalue weighted by Crippen LogP contribution is 2.37. The first-order valence-corrected chi connectivity index (χ1v) is 6.84. The average Bonchev–Trinajstić information content (AvgIpc) is 2.15. The van der Waals surface area contributed by atoms with Gasteiger partial charge in [-0.1, -0.05) is 0 Å². The Hall–Kier alpha value is -1.35. The summed E-state index contributed by atoms with van der Waals surface area (Å²) in [4.78, 5) is 10.1. The average molecular weight is 229 g/mol. The van der Waals surface area contributed by atoms with Gasteiger partial charge in [-0.05, 0) is 19.4 Å². The largest absolute Gasteiger partial charge is 0.496 e. The molecule has 0 aliphatic rings. The van der Waals surface area contributed by atoms with E-state index in [1.807, 2.05) is 0 Å². The summed E-state index contributed by atoms with van der Waals surface area (Å²) in [6.45, 7) is 3.12. The molecule has 0 bridgehead atoms. The van der Waals surface area contributed by atoms with E-state index in [1.54, 1.807) is 19.4 Å². The Balaban J connectivity index is 3.36. The summed E-state index contributed by atoms with van der Waals surface area (Å²) in [7, 11) is -1.09. The molecule has 0 saturated carbocycles. The summed E-state index contributed by atoms with van der Waals surface area (Å²) >= 11 is 0. The molecule has 15 heavy (non-hydrogen) atoms. The van der Waals surface area contributed by atoms with Crippen LogP contribution in [0.25, 0.3) is 0 Å². The third-order valence-corrected chi connectivity index (χ3v) is 3.45. The summed E-state index contributed by atoms with van der Waals surface area (Å²) in [5.41, 5.74) is -0.103. The molecule has 0 unspecified atom stereocenters. The number of hydrogen-bond acceptors (Lipinski definition) is 4. The van der Waals surface area contributed by atoms with Crippen LogP contribution in [-0.2, 0) is 4.57 Å². The van der Waals surface area contributed by atoms with E-state index in [4.69, 9.17) is 4.74 Å². The van der Waals surface area contributed by atoms with E-state index < -0.39 is 12.1 Å². The van der Waals surface area contributed by atoms with Crippen LogP contribution in [0.2, 0.25) is 0 Å². The first-order valence-electron chi connectivity index (χ1n) is 4.23. The molecule has 5 nitrogen and oxygen atoms in total. The van der Waals surface area contributed by atoms with Crippen LogP contribution in [0.1, 0.15) is 0 Å².